The minimum absolute atomic E-state index is 0.0297. The lowest BCUT2D eigenvalue weighted by atomic mass is 10.1. The summed E-state index contributed by atoms with van der Waals surface area (Å²) < 4.78 is 5.73. The van der Waals surface area contributed by atoms with E-state index < -0.39 is 0 Å². The molecule has 0 unspecified atom stereocenters. The lowest BCUT2D eigenvalue weighted by Gasteiger charge is -1.98. The standard InChI is InChI=1S/C17H12O3/c18-14-8-5-12(16(19)11-14)6-9-15-10-7-13-3-1-2-4-17(13)20-15/h1-11H,(H-,18,19)/p+1. The van der Waals surface area contributed by atoms with Gasteiger partial charge in [0, 0.05) is 29.8 Å². The molecule has 2 N–H and O–H groups in total. The van der Waals surface area contributed by atoms with Gasteiger partial charge in [-0.15, -0.1) is 0 Å². The second kappa shape index (κ2) is 5.05. The van der Waals surface area contributed by atoms with E-state index in [1.54, 1.807) is 18.2 Å². The molecule has 3 rings (SSSR count). The molecule has 3 nitrogen and oxygen atoms in total. The van der Waals surface area contributed by atoms with Gasteiger partial charge in [-0.2, -0.15) is 0 Å². The maximum absolute atomic E-state index is 9.70. The van der Waals surface area contributed by atoms with Crippen LogP contribution < -0.4 is 0 Å². The van der Waals surface area contributed by atoms with Gasteiger partial charge in [0.15, 0.2) is 0 Å². The third-order valence-corrected chi connectivity index (χ3v) is 3.02. The Morgan fingerprint density at radius 3 is 2.55 bits per heavy atom. The van der Waals surface area contributed by atoms with Gasteiger partial charge >= 0.3 is 11.3 Å². The van der Waals surface area contributed by atoms with Crippen LogP contribution in [0.2, 0.25) is 0 Å². The molecule has 0 spiro atoms. The van der Waals surface area contributed by atoms with Crippen LogP contribution in [0.4, 0.5) is 0 Å². The number of para-hydroxylation sites is 1. The van der Waals surface area contributed by atoms with Crippen LogP contribution in [-0.2, 0) is 0 Å². The van der Waals surface area contributed by atoms with Crippen molar-refractivity contribution in [2.24, 2.45) is 0 Å². The van der Waals surface area contributed by atoms with Crippen LogP contribution in [0.25, 0.3) is 23.1 Å². The third-order valence-electron chi connectivity index (χ3n) is 3.02. The summed E-state index contributed by atoms with van der Waals surface area (Å²) in [5.74, 6) is 0.758. The molecule has 20 heavy (non-hydrogen) atoms. The molecule has 0 fully saturated rings. The van der Waals surface area contributed by atoms with E-state index in [0.29, 0.717) is 11.3 Å². The Balaban J connectivity index is 1.93. The van der Waals surface area contributed by atoms with Crippen molar-refractivity contribution in [2.45, 2.75) is 0 Å². The average molecular weight is 265 g/mol. The van der Waals surface area contributed by atoms with Gasteiger partial charge in [0.2, 0.25) is 0 Å². The molecule has 0 aliphatic rings. The molecule has 2 aromatic carbocycles. The number of phenols is 2. The summed E-state index contributed by atoms with van der Waals surface area (Å²) in [5.41, 5.74) is 1.43. The number of fused-ring (bicyclic) bond motifs is 1. The Labute approximate surface area is 116 Å². The summed E-state index contributed by atoms with van der Waals surface area (Å²) in [6.07, 6.45) is 3.51. The molecule has 0 amide bonds. The first kappa shape index (κ1) is 12.2. The maximum atomic E-state index is 9.70. The van der Waals surface area contributed by atoms with Gasteiger partial charge in [0.05, 0.1) is 5.39 Å². The summed E-state index contributed by atoms with van der Waals surface area (Å²) in [5, 5.41) is 20.0. The number of benzene rings is 2. The van der Waals surface area contributed by atoms with Gasteiger partial charge in [-0.3, -0.25) is 0 Å². The van der Waals surface area contributed by atoms with Gasteiger partial charge in [-0.1, -0.05) is 12.1 Å². The van der Waals surface area contributed by atoms with Crippen LogP contribution >= 0.6 is 0 Å². The molecule has 0 aliphatic heterocycles. The minimum atomic E-state index is 0.0297. The third kappa shape index (κ3) is 2.47. The highest BCUT2D eigenvalue weighted by atomic mass is 16.3. The first-order valence-corrected chi connectivity index (χ1v) is 6.24. The number of aromatic hydroxyl groups is 2. The molecule has 0 saturated heterocycles. The molecule has 0 radical (unpaired) electrons. The smallest absolute Gasteiger partial charge is 0.360 e. The highest BCUT2D eigenvalue weighted by molar-refractivity contribution is 5.78. The van der Waals surface area contributed by atoms with Crippen molar-refractivity contribution in [2.75, 3.05) is 0 Å². The SMILES string of the molecule is Oc1ccc(C=Cc2ccc3ccccc3[o+]2)c(O)c1. The van der Waals surface area contributed by atoms with E-state index in [-0.39, 0.29) is 11.5 Å². The predicted octanol–water partition coefficient (Wildman–Crippen LogP) is 4.30. The zero-order valence-corrected chi connectivity index (χ0v) is 10.7. The fourth-order valence-electron chi connectivity index (χ4n) is 1.98. The van der Waals surface area contributed by atoms with Gasteiger partial charge < -0.3 is 10.2 Å². The van der Waals surface area contributed by atoms with Crippen LogP contribution in [0, 0.1) is 0 Å². The molecular weight excluding hydrogens is 252 g/mol. The van der Waals surface area contributed by atoms with Crippen molar-refractivity contribution in [3.63, 3.8) is 0 Å². The zero-order valence-electron chi connectivity index (χ0n) is 10.7. The largest absolute Gasteiger partial charge is 0.508 e. The van der Waals surface area contributed by atoms with E-state index >= 15 is 0 Å². The van der Waals surface area contributed by atoms with Crippen molar-refractivity contribution >= 4 is 23.1 Å². The first-order valence-electron chi connectivity index (χ1n) is 6.24. The molecule has 0 saturated carbocycles. The van der Waals surface area contributed by atoms with Crippen LogP contribution in [0.1, 0.15) is 11.3 Å². The first-order chi connectivity index (χ1) is 9.72. The summed E-state index contributed by atoms with van der Waals surface area (Å²) in [6.45, 7) is 0. The van der Waals surface area contributed by atoms with E-state index in [1.807, 2.05) is 36.4 Å². The Bertz CT molecular complexity index is 791. The van der Waals surface area contributed by atoms with Crippen LogP contribution in [0.3, 0.4) is 0 Å². The van der Waals surface area contributed by atoms with Gasteiger partial charge in [0.1, 0.15) is 11.5 Å². The van der Waals surface area contributed by atoms with Gasteiger partial charge in [-0.25, -0.2) is 4.42 Å². The van der Waals surface area contributed by atoms with E-state index in [2.05, 4.69) is 0 Å². The molecule has 3 heteroatoms. The molecule has 0 bridgehead atoms. The molecule has 98 valence electrons. The molecular formula is C17H13O3+. The summed E-state index contributed by atoms with van der Waals surface area (Å²) >= 11 is 0. The summed E-state index contributed by atoms with van der Waals surface area (Å²) in [6, 6.07) is 16.1. The Morgan fingerprint density at radius 1 is 0.850 bits per heavy atom. The Kier molecular flexibility index (Phi) is 3.09. The second-order valence-corrected chi connectivity index (χ2v) is 4.45. The topological polar surface area (TPSA) is 51.8 Å². The lowest BCUT2D eigenvalue weighted by Crippen LogP contribution is -1.77. The second-order valence-electron chi connectivity index (χ2n) is 4.45. The number of hydrogen-bond donors (Lipinski definition) is 2. The molecule has 1 heterocycles. The molecule has 0 aliphatic carbocycles. The van der Waals surface area contributed by atoms with Crippen molar-refractivity contribution in [1.29, 1.82) is 0 Å². The average Bonchev–Trinajstić information content (AvgIpc) is 2.46. The Hall–Kier alpha value is -2.81. The highest BCUT2D eigenvalue weighted by Gasteiger charge is 2.08. The monoisotopic (exact) mass is 265 g/mol. The van der Waals surface area contributed by atoms with E-state index in [9.17, 15) is 10.2 Å². The van der Waals surface area contributed by atoms with E-state index in [4.69, 9.17) is 4.42 Å². The maximum Gasteiger partial charge on any atom is 0.360 e. The van der Waals surface area contributed by atoms with Crippen molar-refractivity contribution < 1.29 is 14.6 Å². The fourth-order valence-corrected chi connectivity index (χ4v) is 1.98. The fraction of sp³-hybridized carbons (Fsp3) is 0. The number of rotatable bonds is 2. The van der Waals surface area contributed by atoms with Gasteiger partial charge in [-0.05, 0) is 30.3 Å². The van der Waals surface area contributed by atoms with E-state index in [1.165, 1.54) is 12.1 Å². The van der Waals surface area contributed by atoms with Crippen LogP contribution in [-0.4, -0.2) is 10.2 Å². The number of phenolic OH excluding ortho intramolecular Hbond substituents is 2. The molecule has 1 aromatic heterocycles. The summed E-state index contributed by atoms with van der Waals surface area (Å²) in [4.78, 5) is 0. The summed E-state index contributed by atoms with van der Waals surface area (Å²) in [7, 11) is 0. The van der Waals surface area contributed by atoms with Crippen molar-refractivity contribution in [3.8, 4) is 11.5 Å². The molecule has 3 aromatic rings. The minimum Gasteiger partial charge on any atom is -0.508 e. The Morgan fingerprint density at radius 2 is 1.70 bits per heavy atom. The quantitative estimate of drug-likeness (QED) is 0.679. The predicted molar refractivity (Wildman–Crippen MR) is 79.3 cm³/mol. The van der Waals surface area contributed by atoms with Crippen LogP contribution in [0.15, 0.2) is 59.0 Å². The number of hydrogen-bond acceptors (Lipinski definition) is 2. The highest BCUT2D eigenvalue weighted by Crippen LogP contribution is 2.25. The van der Waals surface area contributed by atoms with E-state index in [0.717, 1.165) is 11.0 Å². The lowest BCUT2D eigenvalue weighted by molar-refractivity contribution is 0.450. The normalized spacial score (nSPS) is 11.2. The molecule has 0 atom stereocenters. The van der Waals surface area contributed by atoms with Crippen molar-refractivity contribution in [1.82, 2.24) is 0 Å². The zero-order chi connectivity index (χ0) is 13.9. The van der Waals surface area contributed by atoms with Gasteiger partial charge in [0.25, 0.3) is 0 Å². The van der Waals surface area contributed by atoms with Crippen LogP contribution in [0.5, 0.6) is 11.5 Å². The van der Waals surface area contributed by atoms with Crippen molar-refractivity contribution in [3.05, 3.63) is 65.9 Å².